The smallest absolute Gasteiger partial charge is 0.257 e. The molecule has 0 bridgehead atoms. The molecule has 0 saturated carbocycles. The van der Waals surface area contributed by atoms with E-state index >= 15 is 0 Å². The van der Waals surface area contributed by atoms with E-state index in [9.17, 15) is 0 Å². The van der Waals surface area contributed by atoms with Crippen LogP contribution in [0.1, 0.15) is 26.7 Å². The maximum Gasteiger partial charge on any atom is 0.257 e. The fraction of sp³-hybridized carbons (Fsp3) is 0.538. The van der Waals surface area contributed by atoms with Gasteiger partial charge in [0.15, 0.2) is 0 Å². The number of hydrogen-bond donors (Lipinski definition) is 1. The molecule has 0 aromatic carbocycles. The fourth-order valence-electron chi connectivity index (χ4n) is 2.11. The third kappa shape index (κ3) is 2.87. The summed E-state index contributed by atoms with van der Waals surface area (Å²) in [6, 6.07) is 2.25. The molecule has 7 heteroatoms. The van der Waals surface area contributed by atoms with Gasteiger partial charge < -0.3 is 10.2 Å². The minimum Gasteiger partial charge on any atom is -0.357 e. The fourth-order valence-corrected chi connectivity index (χ4v) is 2.11. The molecule has 2 heterocycles. The van der Waals surface area contributed by atoms with Crippen molar-refractivity contribution in [1.29, 1.82) is 0 Å². The molecule has 0 unspecified atom stereocenters. The van der Waals surface area contributed by atoms with Crippen molar-refractivity contribution in [3.05, 3.63) is 18.5 Å². The van der Waals surface area contributed by atoms with Gasteiger partial charge in [-0.25, -0.2) is 4.68 Å². The standard InChI is InChI=1S/C13H21N7/c1-5-10(6-2)19(4)12-16-11(14-3)17-13(18-12)20-9-7-8-15-20/h7-10H,5-6H2,1-4H3,(H,14,16,17,18). The van der Waals surface area contributed by atoms with Gasteiger partial charge >= 0.3 is 0 Å². The first-order chi connectivity index (χ1) is 9.69. The Bertz CT molecular complexity index is 534. The van der Waals surface area contributed by atoms with Crippen molar-refractivity contribution < 1.29 is 0 Å². The molecular weight excluding hydrogens is 254 g/mol. The van der Waals surface area contributed by atoms with E-state index in [1.807, 2.05) is 19.3 Å². The van der Waals surface area contributed by atoms with E-state index in [4.69, 9.17) is 0 Å². The number of hydrogen-bond acceptors (Lipinski definition) is 6. The highest BCUT2D eigenvalue weighted by molar-refractivity contribution is 5.39. The van der Waals surface area contributed by atoms with Gasteiger partial charge in [-0.3, -0.25) is 0 Å². The van der Waals surface area contributed by atoms with Gasteiger partial charge in [0.05, 0.1) is 0 Å². The third-order valence-corrected chi connectivity index (χ3v) is 3.35. The lowest BCUT2D eigenvalue weighted by atomic mass is 10.1. The summed E-state index contributed by atoms with van der Waals surface area (Å²) < 4.78 is 1.63. The summed E-state index contributed by atoms with van der Waals surface area (Å²) in [7, 11) is 3.81. The van der Waals surface area contributed by atoms with Crippen molar-refractivity contribution in [1.82, 2.24) is 24.7 Å². The normalized spacial score (nSPS) is 10.8. The Balaban J connectivity index is 2.40. The number of rotatable bonds is 6. The van der Waals surface area contributed by atoms with Crippen LogP contribution in [0, 0.1) is 0 Å². The Kier molecular flexibility index (Phi) is 4.49. The molecular formula is C13H21N7. The van der Waals surface area contributed by atoms with Crippen LogP contribution in [0.2, 0.25) is 0 Å². The molecule has 7 nitrogen and oxygen atoms in total. The van der Waals surface area contributed by atoms with E-state index in [-0.39, 0.29) is 0 Å². The second-order valence-corrected chi connectivity index (χ2v) is 4.54. The highest BCUT2D eigenvalue weighted by Gasteiger charge is 2.16. The minimum atomic E-state index is 0.410. The number of nitrogens with one attached hydrogen (secondary N) is 1. The number of anilines is 2. The van der Waals surface area contributed by atoms with Gasteiger partial charge in [0, 0.05) is 32.5 Å². The zero-order valence-corrected chi connectivity index (χ0v) is 12.4. The summed E-state index contributed by atoms with van der Waals surface area (Å²) >= 11 is 0. The summed E-state index contributed by atoms with van der Waals surface area (Å²) in [6.45, 7) is 4.33. The second-order valence-electron chi connectivity index (χ2n) is 4.54. The van der Waals surface area contributed by atoms with E-state index in [1.165, 1.54) is 0 Å². The van der Waals surface area contributed by atoms with Crippen LogP contribution in [-0.2, 0) is 0 Å². The van der Waals surface area contributed by atoms with Gasteiger partial charge in [0.1, 0.15) is 0 Å². The summed E-state index contributed by atoms with van der Waals surface area (Å²) in [5.41, 5.74) is 0. The van der Waals surface area contributed by atoms with Crippen LogP contribution >= 0.6 is 0 Å². The van der Waals surface area contributed by atoms with Crippen LogP contribution in [-0.4, -0.2) is 44.9 Å². The van der Waals surface area contributed by atoms with Gasteiger partial charge in [0.25, 0.3) is 5.95 Å². The Hall–Kier alpha value is -2.18. The van der Waals surface area contributed by atoms with Crippen LogP contribution in [0.15, 0.2) is 18.5 Å². The van der Waals surface area contributed by atoms with Crippen molar-refractivity contribution in [2.24, 2.45) is 0 Å². The summed E-state index contributed by atoms with van der Waals surface area (Å²) in [5, 5.41) is 7.13. The zero-order valence-electron chi connectivity index (χ0n) is 12.4. The van der Waals surface area contributed by atoms with Crippen LogP contribution in [0.4, 0.5) is 11.9 Å². The average Bonchev–Trinajstić information content (AvgIpc) is 3.02. The third-order valence-electron chi connectivity index (χ3n) is 3.35. The molecule has 0 fully saturated rings. The van der Waals surface area contributed by atoms with E-state index < -0.39 is 0 Å². The van der Waals surface area contributed by atoms with E-state index in [2.05, 4.69) is 44.1 Å². The highest BCUT2D eigenvalue weighted by atomic mass is 15.4. The lowest BCUT2D eigenvalue weighted by molar-refractivity contribution is 0.578. The Labute approximate surface area is 119 Å². The first-order valence-corrected chi connectivity index (χ1v) is 6.86. The Morgan fingerprint density at radius 1 is 1.25 bits per heavy atom. The lowest BCUT2D eigenvalue weighted by Crippen LogP contribution is -2.32. The lowest BCUT2D eigenvalue weighted by Gasteiger charge is -2.26. The molecule has 0 amide bonds. The van der Waals surface area contributed by atoms with Crippen LogP contribution in [0.3, 0.4) is 0 Å². The molecule has 0 aliphatic heterocycles. The highest BCUT2D eigenvalue weighted by Crippen LogP contribution is 2.16. The maximum absolute atomic E-state index is 4.50. The van der Waals surface area contributed by atoms with E-state index in [1.54, 1.807) is 17.9 Å². The predicted octanol–water partition coefficient (Wildman–Crippen LogP) is 1.72. The van der Waals surface area contributed by atoms with Crippen LogP contribution < -0.4 is 10.2 Å². The van der Waals surface area contributed by atoms with Crippen LogP contribution in [0.5, 0.6) is 0 Å². The molecule has 0 atom stereocenters. The topological polar surface area (TPSA) is 71.8 Å². The monoisotopic (exact) mass is 275 g/mol. The zero-order chi connectivity index (χ0) is 14.5. The molecule has 2 aromatic rings. The molecule has 2 aromatic heterocycles. The van der Waals surface area contributed by atoms with Gasteiger partial charge in [0.2, 0.25) is 11.9 Å². The van der Waals surface area contributed by atoms with Gasteiger partial charge in [-0.05, 0) is 18.9 Å². The number of aromatic nitrogens is 5. The summed E-state index contributed by atoms with van der Waals surface area (Å²) in [6.07, 6.45) is 5.61. The van der Waals surface area contributed by atoms with Crippen molar-refractivity contribution >= 4 is 11.9 Å². The molecule has 0 aliphatic carbocycles. The quantitative estimate of drug-likeness (QED) is 0.865. The molecule has 0 spiro atoms. The molecule has 0 aliphatic rings. The van der Waals surface area contributed by atoms with E-state index in [0.717, 1.165) is 12.8 Å². The molecule has 108 valence electrons. The van der Waals surface area contributed by atoms with Crippen molar-refractivity contribution in [2.45, 2.75) is 32.7 Å². The number of nitrogens with zero attached hydrogens (tertiary/aromatic N) is 6. The van der Waals surface area contributed by atoms with Crippen molar-refractivity contribution in [2.75, 3.05) is 24.3 Å². The molecule has 20 heavy (non-hydrogen) atoms. The summed E-state index contributed by atoms with van der Waals surface area (Å²) in [5.74, 6) is 1.71. The summed E-state index contributed by atoms with van der Waals surface area (Å²) in [4.78, 5) is 15.4. The largest absolute Gasteiger partial charge is 0.357 e. The minimum absolute atomic E-state index is 0.410. The first kappa shape index (κ1) is 14.2. The molecule has 0 radical (unpaired) electrons. The van der Waals surface area contributed by atoms with Crippen molar-refractivity contribution in [3.63, 3.8) is 0 Å². The second kappa shape index (κ2) is 6.31. The molecule has 0 saturated heterocycles. The Morgan fingerprint density at radius 3 is 2.55 bits per heavy atom. The molecule has 2 rings (SSSR count). The average molecular weight is 275 g/mol. The first-order valence-electron chi connectivity index (χ1n) is 6.86. The van der Waals surface area contributed by atoms with Gasteiger partial charge in [-0.15, -0.1) is 0 Å². The molecule has 1 N–H and O–H groups in total. The van der Waals surface area contributed by atoms with E-state index in [0.29, 0.717) is 23.9 Å². The van der Waals surface area contributed by atoms with Gasteiger partial charge in [-0.2, -0.15) is 20.1 Å². The Morgan fingerprint density at radius 2 is 2.00 bits per heavy atom. The van der Waals surface area contributed by atoms with Crippen molar-refractivity contribution in [3.8, 4) is 5.95 Å². The van der Waals surface area contributed by atoms with Crippen LogP contribution in [0.25, 0.3) is 5.95 Å². The van der Waals surface area contributed by atoms with Gasteiger partial charge in [-0.1, -0.05) is 13.8 Å². The maximum atomic E-state index is 4.50. The SMILES string of the molecule is CCC(CC)N(C)c1nc(NC)nc(-n2cccn2)n1. The predicted molar refractivity (Wildman–Crippen MR) is 79.3 cm³/mol.